The van der Waals surface area contributed by atoms with Crippen molar-refractivity contribution in [3.8, 4) is 0 Å². The highest BCUT2D eigenvalue weighted by molar-refractivity contribution is 6.42. The lowest BCUT2D eigenvalue weighted by Crippen LogP contribution is -2.38. The molecule has 0 saturated carbocycles. The van der Waals surface area contributed by atoms with Gasteiger partial charge in [-0.3, -0.25) is 9.59 Å². The summed E-state index contributed by atoms with van der Waals surface area (Å²) in [7, 11) is 0. The fraction of sp³-hybridized carbons (Fsp3) is 0.0476. The molecule has 0 saturated heterocycles. The standard InChI is InChI=1S/C21H16Cl2N2O2/c22-16-11-12-17(23)18(13-16)24-20(26)21(27)25-19(14-7-3-1-4-8-14)15-9-5-2-6-10-15/h1-13,19H,(H,24,26)(H,25,27). The summed E-state index contributed by atoms with van der Waals surface area (Å²) in [6, 6.07) is 23.0. The normalized spacial score (nSPS) is 10.5. The topological polar surface area (TPSA) is 58.2 Å². The zero-order valence-corrected chi connectivity index (χ0v) is 15.7. The van der Waals surface area contributed by atoms with Gasteiger partial charge >= 0.3 is 11.8 Å². The second-order valence-electron chi connectivity index (χ2n) is 5.81. The minimum Gasteiger partial charge on any atom is -0.337 e. The number of rotatable bonds is 4. The van der Waals surface area contributed by atoms with Gasteiger partial charge in [0.2, 0.25) is 0 Å². The van der Waals surface area contributed by atoms with Crippen molar-refractivity contribution >= 4 is 40.7 Å². The predicted molar refractivity (Wildman–Crippen MR) is 108 cm³/mol. The molecule has 0 aliphatic carbocycles. The summed E-state index contributed by atoms with van der Waals surface area (Å²) in [5, 5.41) is 5.97. The van der Waals surface area contributed by atoms with Gasteiger partial charge in [-0.05, 0) is 29.3 Å². The van der Waals surface area contributed by atoms with Gasteiger partial charge in [-0.2, -0.15) is 0 Å². The van der Waals surface area contributed by atoms with E-state index in [1.54, 1.807) is 12.1 Å². The van der Waals surface area contributed by atoms with Gasteiger partial charge in [-0.25, -0.2) is 0 Å². The van der Waals surface area contributed by atoms with Crippen LogP contribution in [0, 0.1) is 0 Å². The van der Waals surface area contributed by atoms with Crippen LogP contribution in [-0.2, 0) is 9.59 Å². The van der Waals surface area contributed by atoms with E-state index in [4.69, 9.17) is 23.2 Å². The summed E-state index contributed by atoms with van der Waals surface area (Å²) in [4.78, 5) is 24.9. The number of nitrogens with one attached hydrogen (secondary N) is 2. The predicted octanol–water partition coefficient (Wildman–Crippen LogP) is 4.84. The second-order valence-corrected chi connectivity index (χ2v) is 6.65. The van der Waals surface area contributed by atoms with Crippen LogP contribution in [-0.4, -0.2) is 11.8 Å². The molecule has 0 spiro atoms. The average molecular weight is 399 g/mol. The van der Waals surface area contributed by atoms with E-state index in [2.05, 4.69) is 10.6 Å². The Labute approximate surface area is 167 Å². The Morgan fingerprint density at radius 3 is 1.85 bits per heavy atom. The molecule has 136 valence electrons. The van der Waals surface area contributed by atoms with Gasteiger partial charge in [-0.15, -0.1) is 0 Å². The molecule has 3 aromatic carbocycles. The number of benzene rings is 3. The molecule has 0 aliphatic heterocycles. The number of hydrogen-bond donors (Lipinski definition) is 2. The quantitative estimate of drug-likeness (QED) is 0.617. The molecule has 2 amide bonds. The molecule has 4 nitrogen and oxygen atoms in total. The molecule has 0 unspecified atom stereocenters. The second kappa shape index (κ2) is 8.71. The Morgan fingerprint density at radius 2 is 1.30 bits per heavy atom. The third kappa shape index (κ3) is 4.88. The summed E-state index contributed by atoms with van der Waals surface area (Å²) in [5.74, 6) is -1.60. The number of carbonyl (C=O) groups is 2. The van der Waals surface area contributed by atoms with Crippen molar-refractivity contribution < 1.29 is 9.59 Å². The van der Waals surface area contributed by atoms with E-state index in [0.717, 1.165) is 11.1 Å². The van der Waals surface area contributed by atoms with Gasteiger partial charge in [0, 0.05) is 5.02 Å². The number of amides is 2. The Kier molecular flexibility index (Phi) is 6.12. The lowest BCUT2D eigenvalue weighted by molar-refractivity contribution is -0.136. The molecule has 0 heterocycles. The molecule has 3 rings (SSSR count). The third-order valence-corrected chi connectivity index (χ3v) is 4.49. The van der Waals surface area contributed by atoms with Crippen LogP contribution in [0.4, 0.5) is 5.69 Å². The molecule has 3 aromatic rings. The maximum Gasteiger partial charge on any atom is 0.313 e. The summed E-state index contributed by atoms with van der Waals surface area (Å²) in [6.45, 7) is 0. The maximum atomic E-state index is 12.5. The van der Waals surface area contributed by atoms with Crippen LogP contribution >= 0.6 is 23.2 Å². The van der Waals surface area contributed by atoms with Crippen molar-refractivity contribution in [3.05, 3.63) is 100 Å². The zero-order valence-electron chi connectivity index (χ0n) is 14.2. The molecule has 0 atom stereocenters. The molecular formula is C21H16Cl2N2O2. The number of halogens is 2. The van der Waals surface area contributed by atoms with Gasteiger partial charge < -0.3 is 10.6 Å². The first-order chi connectivity index (χ1) is 13.0. The van der Waals surface area contributed by atoms with Gasteiger partial charge in [0.1, 0.15) is 0 Å². The number of hydrogen-bond acceptors (Lipinski definition) is 2. The SMILES string of the molecule is O=C(Nc1cc(Cl)ccc1Cl)C(=O)NC(c1ccccc1)c1ccccc1. The van der Waals surface area contributed by atoms with E-state index in [9.17, 15) is 9.59 Å². The highest BCUT2D eigenvalue weighted by Crippen LogP contribution is 2.26. The number of anilines is 1. The van der Waals surface area contributed by atoms with Crippen molar-refractivity contribution in [3.63, 3.8) is 0 Å². The van der Waals surface area contributed by atoms with Crippen LogP contribution in [0.2, 0.25) is 10.0 Å². The summed E-state index contributed by atoms with van der Waals surface area (Å²) in [6.07, 6.45) is 0. The van der Waals surface area contributed by atoms with Gasteiger partial charge in [0.05, 0.1) is 16.8 Å². The van der Waals surface area contributed by atoms with Crippen LogP contribution in [0.5, 0.6) is 0 Å². The Hall–Kier alpha value is -2.82. The average Bonchev–Trinajstić information content (AvgIpc) is 2.70. The lowest BCUT2D eigenvalue weighted by Gasteiger charge is -2.19. The highest BCUT2D eigenvalue weighted by atomic mass is 35.5. The first-order valence-electron chi connectivity index (χ1n) is 8.21. The molecule has 0 aliphatic rings. The van der Waals surface area contributed by atoms with Gasteiger partial charge in [0.15, 0.2) is 0 Å². The summed E-state index contributed by atoms with van der Waals surface area (Å²) >= 11 is 12.0. The fourth-order valence-corrected chi connectivity index (χ4v) is 2.96. The molecule has 0 fully saturated rings. The Bertz CT molecular complexity index is 907. The fourth-order valence-electron chi connectivity index (χ4n) is 2.62. The van der Waals surface area contributed by atoms with E-state index in [0.29, 0.717) is 10.0 Å². The van der Waals surface area contributed by atoms with E-state index >= 15 is 0 Å². The van der Waals surface area contributed by atoms with E-state index in [1.165, 1.54) is 6.07 Å². The summed E-state index contributed by atoms with van der Waals surface area (Å²) < 4.78 is 0. The van der Waals surface area contributed by atoms with Crippen LogP contribution in [0.25, 0.3) is 0 Å². The maximum absolute atomic E-state index is 12.5. The van der Waals surface area contributed by atoms with Crippen molar-refractivity contribution in [2.75, 3.05) is 5.32 Å². The van der Waals surface area contributed by atoms with Crippen molar-refractivity contribution in [1.82, 2.24) is 5.32 Å². The highest BCUT2D eigenvalue weighted by Gasteiger charge is 2.22. The minimum absolute atomic E-state index is 0.278. The van der Waals surface area contributed by atoms with Crippen LogP contribution in [0.15, 0.2) is 78.9 Å². The van der Waals surface area contributed by atoms with Crippen LogP contribution < -0.4 is 10.6 Å². The minimum atomic E-state index is -0.823. The van der Waals surface area contributed by atoms with E-state index in [1.807, 2.05) is 60.7 Å². The van der Waals surface area contributed by atoms with E-state index in [-0.39, 0.29) is 5.69 Å². The third-order valence-electron chi connectivity index (χ3n) is 3.92. The number of carbonyl (C=O) groups excluding carboxylic acids is 2. The first-order valence-corrected chi connectivity index (χ1v) is 8.97. The van der Waals surface area contributed by atoms with Crippen molar-refractivity contribution in [1.29, 1.82) is 0 Å². The zero-order chi connectivity index (χ0) is 19.2. The van der Waals surface area contributed by atoms with Gasteiger partial charge in [0.25, 0.3) is 0 Å². The van der Waals surface area contributed by atoms with Crippen LogP contribution in [0.1, 0.15) is 17.2 Å². The summed E-state index contributed by atoms with van der Waals surface area (Å²) in [5.41, 5.74) is 2.01. The lowest BCUT2D eigenvalue weighted by atomic mass is 9.99. The molecular weight excluding hydrogens is 383 g/mol. The molecule has 0 radical (unpaired) electrons. The smallest absolute Gasteiger partial charge is 0.313 e. The van der Waals surface area contributed by atoms with E-state index < -0.39 is 17.9 Å². The molecule has 6 heteroatoms. The molecule has 27 heavy (non-hydrogen) atoms. The van der Waals surface area contributed by atoms with Crippen molar-refractivity contribution in [2.24, 2.45) is 0 Å². The van der Waals surface area contributed by atoms with Crippen LogP contribution in [0.3, 0.4) is 0 Å². The molecule has 0 aromatic heterocycles. The monoisotopic (exact) mass is 398 g/mol. The Balaban J connectivity index is 1.80. The van der Waals surface area contributed by atoms with Crippen molar-refractivity contribution in [2.45, 2.75) is 6.04 Å². The molecule has 2 N–H and O–H groups in total. The first kappa shape index (κ1) is 19.0. The Morgan fingerprint density at radius 1 is 0.741 bits per heavy atom. The van der Waals surface area contributed by atoms with Gasteiger partial charge in [-0.1, -0.05) is 83.9 Å². The largest absolute Gasteiger partial charge is 0.337 e. The molecule has 0 bridgehead atoms.